The fourth-order valence-corrected chi connectivity index (χ4v) is 4.36. The molecule has 3 N–H and O–H groups in total. The quantitative estimate of drug-likeness (QED) is 0.716. The van der Waals surface area contributed by atoms with Crippen molar-refractivity contribution >= 4 is 0 Å². The highest BCUT2D eigenvalue weighted by atomic mass is 16.5. The fourth-order valence-electron chi connectivity index (χ4n) is 4.36. The minimum atomic E-state index is -2.02. The highest BCUT2D eigenvalue weighted by Gasteiger charge is 2.53. The first-order valence-electron chi connectivity index (χ1n) is 8.93. The summed E-state index contributed by atoms with van der Waals surface area (Å²) in [5, 5.41) is 32.4. The van der Waals surface area contributed by atoms with Crippen molar-refractivity contribution in [2.24, 2.45) is 11.8 Å². The zero-order valence-electron chi connectivity index (χ0n) is 15.4. The van der Waals surface area contributed by atoms with Gasteiger partial charge < -0.3 is 24.8 Å². The Labute approximate surface area is 149 Å². The normalized spacial score (nSPS) is 28.4. The van der Waals surface area contributed by atoms with Gasteiger partial charge in [0, 0.05) is 12.6 Å². The summed E-state index contributed by atoms with van der Waals surface area (Å²) >= 11 is 0. The Morgan fingerprint density at radius 1 is 1.20 bits per heavy atom. The van der Waals surface area contributed by atoms with Crippen molar-refractivity contribution in [2.45, 2.75) is 51.2 Å². The molecule has 6 heteroatoms. The first-order chi connectivity index (χ1) is 11.8. The van der Waals surface area contributed by atoms with E-state index in [2.05, 4.69) is 0 Å². The van der Waals surface area contributed by atoms with Crippen molar-refractivity contribution < 1.29 is 24.8 Å². The van der Waals surface area contributed by atoms with E-state index in [0.717, 1.165) is 11.1 Å². The van der Waals surface area contributed by atoms with Crippen LogP contribution in [0.5, 0.6) is 11.5 Å². The first kappa shape index (κ1) is 18.5. The van der Waals surface area contributed by atoms with Gasteiger partial charge in [-0.05, 0) is 48.4 Å². The van der Waals surface area contributed by atoms with Crippen molar-refractivity contribution in [3.8, 4) is 11.5 Å². The number of aliphatic hydroxyl groups is 3. The maximum absolute atomic E-state index is 10.9. The number of ether oxygens (including phenoxy) is 2. The topological polar surface area (TPSA) is 82.4 Å². The second kappa shape index (κ2) is 6.76. The number of benzene rings is 1. The van der Waals surface area contributed by atoms with Crippen LogP contribution < -0.4 is 9.47 Å². The summed E-state index contributed by atoms with van der Waals surface area (Å²) < 4.78 is 10.8. The third-order valence-electron chi connectivity index (χ3n) is 5.58. The number of hydrogen-bond donors (Lipinski definition) is 3. The van der Waals surface area contributed by atoms with Gasteiger partial charge in [-0.15, -0.1) is 0 Å². The second-order valence-corrected chi connectivity index (χ2v) is 7.59. The number of piperidine rings is 1. The van der Waals surface area contributed by atoms with Crippen LogP contribution in [0.3, 0.4) is 0 Å². The van der Waals surface area contributed by atoms with Crippen LogP contribution in [0.25, 0.3) is 0 Å². The molecule has 1 fully saturated rings. The average molecular weight is 351 g/mol. The van der Waals surface area contributed by atoms with Crippen LogP contribution in [-0.2, 0) is 6.42 Å². The lowest BCUT2D eigenvalue weighted by Crippen LogP contribution is -2.64. The van der Waals surface area contributed by atoms with Crippen molar-refractivity contribution in [3.05, 3.63) is 23.3 Å². The monoisotopic (exact) mass is 351 g/mol. The van der Waals surface area contributed by atoms with E-state index in [-0.39, 0.29) is 12.0 Å². The molecule has 3 atom stereocenters. The van der Waals surface area contributed by atoms with Crippen molar-refractivity contribution in [1.82, 2.24) is 4.90 Å². The van der Waals surface area contributed by atoms with Crippen LogP contribution in [-0.4, -0.2) is 53.0 Å². The van der Waals surface area contributed by atoms with E-state index in [1.165, 1.54) is 0 Å². The van der Waals surface area contributed by atoms with E-state index in [4.69, 9.17) is 9.47 Å². The maximum atomic E-state index is 10.9. The van der Waals surface area contributed by atoms with Gasteiger partial charge in [0.2, 0.25) is 5.91 Å². The molecule has 0 spiro atoms. The van der Waals surface area contributed by atoms with Gasteiger partial charge in [0.05, 0.1) is 26.2 Å². The molecule has 25 heavy (non-hydrogen) atoms. The van der Waals surface area contributed by atoms with Crippen molar-refractivity contribution in [1.29, 1.82) is 0 Å². The van der Waals surface area contributed by atoms with Crippen LogP contribution in [0, 0.1) is 11.8 Å². The van der Waals surface area contributed by atoms with Gasteiger partial charge in [0.15, 0.2) is 11.5 Å². The van der Waals surface area contributed by atoms with Crippen LogP contribution in [0.15, 0.2) is 12.1 Å². The number of fused-ring (bicyclic) bond motifs is 3. The van der Waals surface area contributed by atoms with E-state index in [1.807, 2.05) is 26.0 Å². The molecule has 0 bridgehead atoms. The minimum Gasteiger partial charge on any atom is -0.493 e. The van der Waals surface area contributed by atoms with E-state index in [1.54, 1.807) is 19.1 Å². The smallest absolute Gasteiger partial charge is 0.230 e. The van der Waals surface area contributed by atoms with E-state index in [0.29, 0.717) is 37.3 Å². The Bertz CT molecular complexity index is 630. The SMILES string of the molecule is COc1cc2c(cc1OC)C1CC(O)C(CC(C)C)C(O)(O)N1CC2. The van der Waals surface area contributed by atoms with Gasteiger partial charge in [-0.1, -0.05) is 13.8 Å². The molecule has 1 aromatic rings. The predicted molar refractivity (Wildman–Crippen MR) is 93.4 cm³/mol. The van der Waals surface area contributed by atoms with Crippen LogP contribution in [0.4, 0.5) is 0 Å². The summed E-state index contributed by atoms with van der Waals surface area (Å²) in [6, 6.07) is 3.60. The molecule has 140 valence electrons. The van der Waals surface area contributed by atoms with Crippen LogP contribution in [0.1, 0.15) is 43.9 Å². The Morgan fingerprint density at radius 2 is 1.84 bits per heavy atom. The molecule has 2 aliphatic heterocycles. The average Bonchev–Trinajstić information content (AvgIpc) is 2.57. The van der Waals surface area contributed by atoms with Gasteiger partial charge in [-0.2, -0.15) is 0 Å². The van der Waals surface area contributed by atoms with Crippen LogP contribution >= 0.6 is 0 Å². The lowest BCUT2D eigenvalue weighted by Gasteiger charge is -2.53. The number of aliphatic hydroxyl groups excluding tert-OH is 1. The van der Waals surface area contributed by atoms with Gasteiger partial charge in [0.1, 0.15) is 0 Å². The molecule has 6 nitrogen and oxygen atoms in total. The minimum absolute atomic E-state index is 0.253. The maximum Gasteiger partial charge on any atom is 0.230 e. The molecule has 0 radical (unpaired) electrons. The second-order valence-electron chi connectivity index (χ2n) is 7.59. The zero-order chi connectivity index (χ0) is 18.4. The molecule has 1 saturated heterocycles. The van der Waals surface area contributed by atoms with E-state index in [9.17, 15) is 15.3 Å². The highest BCUT2D eigenvalue weighted by molar-refractivity contribution is 5.49. The third kappa shape index (κ3) is 3.12. The zero-order valence-corrected chi connectivity index (χ0v) is 15.4. The summed E-state index contributed by atoms with van der Waals surface area (Å²) in [5.74, 6) is -1.04. The summed E-state index contributed by atoms with van der Waals surface area (Å²) in [4.78, 5) is 1.72. The van der Waals surface area contributed by atoms with Crippen LogP contribution in [0.2, 0.25) is 0 Å². The summed E-state index contributed by atoms with van der Waals surface area (Å²) in [6.45, 7) is 4.58. The molecule has 3 unspecified atom stereocenters. The summed E-state index contributed by atoms with van der Waals surface area (Å²) in [7, 11) is 3.19. The Hall–Kier alpha value is -1.34. The molecular weight excluding hydrogens is 322 g/mol. The summed E-state index contributed by atoms with van der Waals surface area (Å²) in [5.41, 5.74) is 2.07. The molecule has 0 aromatic heterocycles. The Morgan fingerprint density at radius 3 is 2.44 bits per heavy atom. The Kier molecular flexibility index (Phi) is 4.99. The number of nitrogens with zero attached hydrogens (tertiary/aromatic N) is 1. The first-order valence-corrected chi connectivity index (χ1v) is 8.93. The number of rotatable bonds is 4. The number of methoxy groups -OCH3 is 2. The largest absolute Gasteiger partial charge is 0.493 e. The molecule has 0 amide bonds. The highest BCUT2D eigenvalue weighted by Crippen LogP contribution is 2.48. The van der Waals surface area contributed by atoms with E-state index >= 15 is 0 Å². The third-order valence-corrected chi connectivity index (χ3v) is 5.58. The lowest BCUT2D eigenvalue weighted by atomic mass is 9.76. The molecule has 0 aliphatic carbocycles. The Balaban J connectivity index is 1.99. The van der Waals surface area contributed by atoms with Crippen molar-refractivity contribution in [2.75, 3.05) is 20.8 Å². The molecule has 1 aromatic carbocycles. The molecular formula is C19H29NO5. The predicted octanol–water partition coefficient (Wildman–Crippen LogP) is 1.67. The lowest BCUT2D eigenvalue weighted by molar-refractivity contribution is -0.343. The standard InChI is InChI=1S/C19H29NO5/c1-11(2)7-14-16(21)10-15-13-9-18(25-4)17(24-3)8-12(13)5-6-20(15)19(14,22)23/h8-9,11,14-16,21-23H,5-7,10H2,1-4H3. The van der Waals surface area contributed by atoms with Gasteiger partial charge >= 0.3 is 0 Å². The molecule has 0 saturated carbocycles. The number of hydrogen-bond acceptors (Lipinski definition) is 6. The van der Waals surface area contributed by atoms with E-state index < -0.39 is 17.9 Å². The fraction of sp³-hybridized carbons (Fsp3) is 0.684. The molecule has 3 rings (SSSR count). The summed E-state index contributed by atoms with van der Waals surface area (Å²) in [6.07, 6.45) is 0.969. The van der Waals surface area contributed by atoms with Crippen molar-refractivity contribution in [3.63, 3.8) is 0 Å². The van der Waals surface area contributed by atoms with Gasteiger partial charge in [-0.3, -0.25) is 0 Å². The van der Waals surface area contributed by atoms with Gasteiger partial charge in [0.25, 0.3) is 0 Å². The van der Waals surface area contributed by atoms with Gasteiger partial charge in [-0.25, -0.2) is 4.90 Å². The molecule has 2 heterocycles. The molecule has 2 aliphatic rings.